The molecule has 2 amide bonds. The summed E-state index contributed by atoms with van der Waals surface area (Å²) in [4.78, 5) is 37.6. The van der Waals surface area contributed by atoms with Crippen molar-refractivity contribution < 1.29 is 19.5 Å². The molecule has 0 radical (unpaired) electrons. The van der Waals surface area contributed by atoms with Crippen molar-refractivity contribution in [2.75, 3.05) is 13.1 Å². The van der Waals surface area contributed by atoms with Crippen LogP contribution in [0.15, 0.2) is 0 Å². The van der Waals surface area contributed by atoms with Crippen LogP contribution in [0.1, 0.15) is 19.3 Å². The molecular weight excluding hydrogens is 224 g/mol. The molecule has 0 aromatic heterocycles. The number of carboxylic acids is 1. The van der Waals surface area contributed by atoms with Gasteiger partial charge in [-0.2, -0.15) is 0 Å². The SMILES string of the molecule is O=C(O)C1CN(C2CC(=O)N(C3CC3)C2=O)C1. The molecule has 1 aliphatic carbocycles. The third-order valence-corrected chi connectivity index (χ3v) is 3.77. The molecule has 3 aliphatic rings. The smallest absolute Gasteiger partial charge is 0.309 e. The molecule has 0 spiro atoms. The van der Waals surface area contributed by atoms with E-state index in [1.807, 2.05) is 0 Å². The fraction of sp³-hybridized carbons (Fsp3) is 0.727. The van der Waals surface area contributed by atoms with Crippen LogP contribution in [0.5, 0.6) is 0 Å². The zero-order valence-electron chi connectivity index (χ0n) is 9.33. The maximum atomic E-state index is 12.0. The molecule has 6 nitrogen and oxygen atoms in total. The molecule has 3 rings (SSSR count). The Morgan fingerprint density at radius 3 is 2.41 bits per heavy atom. The molecule has 1 atom stereocenters. The number of hydrogen-bond donors (Lipinski definition) is 1. The van der Waals surface area contributed by atoms with E-state index in [-0.39, 0.29) is 30.2 Å². The highest BCUT2D eigenvalue weighted by atomic mass is 16.4. The van der Waals surface area contributed by atoms with E-state index in [4.69, 9.17) is 5.11 Å². The molecule has 0 bridgehead atoms. The van der Waals surface area contributed by atoms with E-state index in [2.05, 4.69) is 0 Å². The van der Waals surface area contributed by atoms with Gasteiger partial charge in [0.1, 0.15) is 0 Å². The van der Waals surface area contributed by atoms with Gasteiger partial charge in [-0.15, -0.1) is 0 Å². The number of likely N-dealkylation sites (tertiary alicyclic amines) is 2. The van der Waals surface area contributed by atoms with Crippen LogP contribution in [0.25, 0.3) is 0 Å². The fourth-order valence-corrected chi connectivity index (χ4v) is 2.56. The highest BCUT2D eigenvalue weighted by molar-refractivity contribution is 6.06. The maximum Gasteiger partial charge on any atom is 0.309 e. The molecule has 1 saturated carbocycles. The maximum absolute atomic E-state index is 12.0. The third-order valence-electron chi connectivity index (χ3n) is 3.77. The predicted octanol–water partition coefficient (Wildman–Crippen LogP) is -0.707. The summed E-state index contributed by atoms with van der Waals surface area (Å²) in [5.41, 5.74) is 0. The Morgan fingerprint density at radius 1 is 1.24 bits per heavy atom. The number of carbonyl (C=O) groups excluding carboxylic acids is 2. The summed E-state index contributed by atoms with van der Waals surface area (Å²) in [5, 5.41) is 8.77. The summed E-state index contributed by atoms with van der Waals surface area (Å²) in [7, 11) is 0. The summed E-state index contributed by atoms with van der Waals surface area (Å²) in [6.07, 6.45) is 2.06. The van der Waals surface area contributed by atoms with Gasteiger partial charge in [0.25, 0.3) is 0 Å². The normalized spacial score (nSPS) is 30.8. The first-order valence-electron chi connectivity index (χ1n) is 5.90. The second-order valence-corrected chi connectivity index (χ2v) is 5.04. The summed E-state index contributed by atoms with van der Waals surface area (Å²) < 4.78 is 0. The molecule has 0 aromatic rings. The molecule has 6 heteroatoms. The van der Waals surface area contributed by atoms with Gasteiger partial charge in [-0.3, -0.25) is 24.2 Å². The molecule has 2 aliphatic heterocycles. The minimum absolute atomic E-state index is 0.0960. The summed E-state index contributed by atoms with van der Waals surface area (Å²) in [6, 6.07) is -0.282. The van der Waals surface area contributed by atoms with E-state index < -0.39 is 12.0 Å². The van der Waals surface area contributed by atoms with Gasteiger partial charge in [0.05, 0.1) is 18.4 Å². The second-order valence-electron chi connectivity index (χ2n) is 5.04. The van der Waals surface area contributed by atoms with Gasteiger partial charge < -0.3 is 5.11 Å². The lowest BCUT2D eigenvalue weighted by molar-refractivity contribution is -0.152. The van der Waals surface area contributed by atoms with Gasteiger partial charge in [-0.1, -0.05) is 0 Å². The van der Waals surface area contributed by atoms with Crippen molar-refractivity contribution in [2.24, 2.45) is 5.92 Å². The first kappa shape index (κ1) is 10.7. The van der Waals surface area contributed by atoms with Gasteiger partial charge in [-0.05, 0) is 12.8 Å². The minimum Gasteiger partial charge on any atom is -0.481 e. The number of aliphatic carboxylic acids is 1. The molecule has 1 N–H and O–H groups in total. The number of rotatable bonds is 3. The molecule has 92 valence electrons. The zero-order chi connectivity index (χ0) is 12.2. The lowest BCUT2D eigenvalue weighted by Crippen LogP contribution is -2.57. The number of amides is 2. The van der Waals surface area contributed by atoms with Crippen LogP contribution in [-0.2, 0) is 14.4 Å². The first-order chi connectivity index (χ1) is 8.08. The average Bonchev–Trinajstić information content (AvgIpc) is 2.93. The number of carbonyl (C=O) groups is 3. The highest BCUT2D eigenvalue weighted by Gasteiger charge is 2.50. The Balaban J connectivity index is 1.64. The van der Waals surface area contributed by atoms with E-state index in [1.54, 1.807) is 4.90 Å². The summed E-state index contributed by atoms with van der Waals surface area (Å²) >= 11 is 0. The fourth-order valence-electron chi connectivity index (χ4n) is 2.56. The van der Waals surface area contributed by atoms with E-state index in [1.165, 1.54) is 4.90 Å². The van der Waals surface area contributed by atoms with Crippen molar-refractivity contribution in [2.45, 2.75) is 31.3 Å². The second kappa shape index (κ2) is 3.53. The van der Waals surface area contributed by atoms with Crippen LogP contribution in [0.3, 0.4) is 0 Å². The van der Waals surface area contributed by atoms with Crippen LogP contribution in [0.2, 0.25) is 0 Å². The first-order valence-corrected chi connectivity index (χ1v) is 5.90. The Kier molecular flexibility index (Phi) is 2.22. The third kappa shape index (κ3) is 1.63. The monoisotopic (exact) mass is 238 g/mol. The Hall–Kier alpha value is -1.43. The number of hydrogen-bond acceptors (Lipinski definition) is 4. The largest absolute Gasteiger partial charge is 0.481 e. The molecule has 1 unspecified atom stereocenters. The van der Waals surface area contributed by atoms with Crippen LogP contribution in [0.4, 0.5) is 0 Å². The predicted molar refractivity (Wildman–Crippen MR) is 56.0 cm³/mol. The highest BCUT2D eigenvalue weighted by Crippen LogP contribution is 2.34. The Labute approximate surface area is 98.2 Å². The molecule has 17 heavy (non-hydrogen) atoms. The van der Waals surface area contributed by atoms with Crippen molar-refractivity contribution >= 4 is 17.8 Å². The van der Waals surface area contributed by atoms with Crippen LogP contribution >= 0.6 is 0 Å². The molecule has 3 fully saturated rings. The van der Waals surface area contributed by atoms with Crippen LogP contribution in [-0.4, -0.2) is 57.9 Å². The van der Waals surface area contributed by atoms with Gasteiger partial charge in [-0.25, -0.2) is 0 Å². The van der Waals surface area contributed by atoms with E-state index in [9.17, 15) is 14.4 Å². The van der Waals surface area contributed by atoms with Crippen molar-refractivity contribution in [1.29, 1.82) is 0 Å². The van der Waals surface area contributed by atoms with Crippen molar-refractivity contribution in [3.05, 3.63) is 0 Å². The lowest BCUT2D eigenvalue weighted by Gasteiger charge is -2.39. The topological polar surface area (TPSA) is 77.9 Å². The number of carboxylic acid groups (broad SMARTS) is 1. The zero-order valence-corrected chi connectivity index (χ0v) is 9.33. The van der Waals surface area contributed by atoms with Crippen molar-refractivity contribution in [1.82, 2.24) is 9.80 Å². The molecule has 2 saturated heterocycles. The number of nitrogens with zero attached hydrogens (tertiary/aromatic N) is 2. The van der Waals surface area contributed by atoms with Gasteiger partial charge in [0.2, 0.25) is 11.8 Å². The molecular formula is C11H14N2O4. The Morgan fingerprint density at radius 2 is 1.88 bits per heavy atom. The molecule has 0 aromatic carbocycles. The standard InChI is InChI=1S/C11H14N2O4/c14-9-3-8(10(15)13(9)7-1-2-7)12-4-6(5-12)11(16)17/h6-8H,1-5H2,(H,16,17). The van der Waals surface area contributed by atoms with Crippen molar-refractivity contribution in [3.63, 3.8) is 0 Å². The van der Waals surface area contributed by atoms with Crippen molar-refractivity contribution in [3.8, 4) is 0 Å². The van der Waals surface area contributed by atoms with E-state index in [0.717, 1.165) is 12.8 Å². The number of imide groups is 1. The molecule has 2 heterocycles. The summed E-state index contributed by atoms with van der Waals surface area (Å²) in [6.45, 7) is 0.773. The van der Waals surface area contributed by atoms with Crippen LogP contribution in [0, 0.1) is 5.92 Å². The Bertz CT molecular complexity index is 398. The van der Waals surface area contributed by atoms with Gasteiger partial charge in [0.15, 0.2) is 0 Å². The van der Waals surface area contributed by atoms with Gasteiger partial charge >= 0.3 is 5.97 Å². The summed E-state index contributed by atoms with van der Waals surface area (Å²) in [5.74, 6) is -1.42. The van der Waals surface area contributed by atoms with E-state index in [0.29, 0.717) is 13.1 Å². The van der Waals surface area contributed by atoms with Crippen LogP contribution < -0.4 is 0 Å². The average molecular weight is 238 g/mol. The van der Waals surface area contributed by atoms with Gasteiger partial charge in [0, 0.05) is 19.1 Å². The minimum atomic E-state index is -0.822. The lowest BCUT2D eigenvalue weighted by atomic mass is 9.97. The van der Waals surface area contributed by atoms with E-state index >= 15 is 0 Å². The quantitative estimate of drug-likeness (QED) is 0.657.